The molecule has 27 heavy (non-hydrogen) atoms. The lowest BCUT2D eigenvalue weighted by Crippen LogP contribution is -2.27. The van der Waals surface area contributed by atoms with Gasteiger partial charge >= 0.3 is 0 Å². The summed E-state index contributed by atoms with van der Waals surface area (Å²) in [6.07, 6.45) is 1.61. The SMILES string of the molecule is O=C1S/C(=C\c2ccc(O)c(Cl)c2)C(=O)N1Cc1cccc2ccccc12. The molecule has 2 amide bonds. The molecule has 134 valence electrons. The molecule has 0 unspecified atom stereocenters. The number of aromatic hydroxyl groups is 1. The average Bonchev–Trinajstić information content (AvgIpc) is 2.92. The number of hydrogen-bond donors (Lipinski definition) is 1. The smallest absolute Gasteiger partial charge is 0.293 e. The van der Waals surface area contributed by atoms with Gasteiger partial charge in [0, 0.05) is 0 Å². The highest BCUT2D eigenvalue weighted by Crippen LogP contribution is 2.35. The van der Waals surface area contributed by atoms with Gasteiger partial charge in [-0.2, -0.15) is 0 Å². The van der Waals surface area contributed by atoms with Gasteiger partial charge in [-0.15, -0.1) is 0 Å². The van der Waals surface area contributed by atoms with Crippen LogP contribution in [-0.2, 0) is 11.3 Å². The number of imide groups is 1. The largest absolute Gasteiger partial charge is 0.506 e. The van der Waals surface area contributed by atoms with Gasteiger partial charge in [0.25, 0.3) is 11.1 Å². The third-order valence-electron chi connectivity index (χ3n) is 4.35. The number of halogens is 1. The molecule has 0 saturated carbocycles. The second kappa shape index (κ2) is 7.10. The fraction of sp³-hybridized carbons (Fsp3) is 0.0476. The van der Waals surface area contributed by atoms with Gasteiger partial charge in [-0.05, 0) is 51.9 Å². The second-order valence-electron chi connectivity index (χ2n) is 6.12. The first-order valence-electron chi connectivity index (χ1n) is 8.23. The van der Waals surface area contributed by atoms with E-state index in [2.05, 4.69) is 0 Å². The van der Waals surface area contributed by atoms with E-state index >= 15 is 0 Å². The number of carbonyl (C=O) groups excluding carboxylic acids is 2. The van der Waals surface area contributed by atoms with E-state index in [1.54, 1.807) is 18.2 Å². The van der Waals surface area contributed by atoms with Gasteiger partial charge in [-0.1, -0.05) is 60.1 Å². The molecular weight excluding hydrogens is 382 g/mol. The zero-order valence-corrected chi connectivity index (χ0v) is 15.6. The van der Waals surface area contributed by atoms with Crippen LogP contribution >= 0.6 is 23.4 Å². The maximum atomic E-state index is 12.7. The number of rotatable bonds is 3. The van der Waals surface area contributed by atoms with Gasteiger partial charge in [-0.3, -0.25) is 14.5 Å². The summed E-state index contributed by atoms with van der Waals surface area (Å²) in [5.41, 5.74) is 1.57. The highest BCUT2D eigenvalue weighted by molar-refractivity contribution is 8.18. The van der Waals surface area contributed by atoms with Crippen LogP contribution in [0.5, 0.6) is 5.75 Å². The molecule has 0 aromatic heterocycles. The summed E-state index contributed by atoms with van der Waals surface area (Å²) in [5.74, 6) is -0.361. The lowest BCUT2D eigenvalue weighted by molar-refractivity contribution is -0.123. The minimum Gasteiger partial charge on any atom is -0.506 e. The number of carbonyl (C=O) groups is 2. The minimum absolute atomic E-state index is 0.0297. The summed E-state index contributed by atoms with van der Waals surface area (Å²) in [4.78, 5) is 26.7. The normalized spacial score (nSPS) is 15.9. The van der Waals surface area contributed by atoms with Crippen LogP contribution in [0.1, 0.15) is 11.1 Å². The molecule has 1 heterocycles. The third kappa shape index (κ3) is 3.44. The van der Waals surface area contributed by atoms with Crippen molar-refractivity contribution in [2.45, 2.75) is 6.54 Å². The molecular formula is C21H14ClNO3S. The Morgan fingerprint density at radius 1 is 1.04 bits per heavy atom. The highest BCUT2D eigenvalue weighted by Gasteiger charge is 2.35. The van der Waals surface area contributed by atoms with Crippen molar-refractivity contribution in [3.63, 3.8) is 0 Å². The first-order valence-corrected chi connectivity index (χ1v) is 9.43. The van der Waals surface area contributed by atoms with Crippen LogP contribution in [-0.4, -0.2) is 21.2 Å². The predicted molar refractivity (Wildman–Crippen MR) is 109 cm³/mol. The van der Waals surface area contributed by atoms with E-state index in [9.17, 15) is 14.7 Å². The van der Waals surface area contributed by atoms with E-state index < -0.39 is 0 Å². The monoisotopic (exact) mass is 395 g/mol. The molecule has 3 aromatic rings. The number of fused-ring (bicyclic) bond motifs is 1. The number of thioether (sulfide) groups is 1. The molecule has 1 saturated heterocycles. The first kappa shape index (κ1) is 17.6. The molecule has 1 N–H and O–H groups in total. The summed E-state index contributed by atoms with van der Waals surface area (Å²) in [7, 11) is 0. The number of benzene rings is 3. The topological polar surface area (TPSA) is 57.6 Å². The number of nitrogens with zero attached hydrogens (tertiary/aromatic N) is 1. The van der Waals surface area contributed by atoms with Crippen LogP contribution in [0.25, 0.3) is 16.8 Å². The van der Waals surface area contributed by atoms with Gasteiger partial charge in [0.15, 0.2) is 0 Å². The van der Waals surface area contributed by atoms with E-state index in [4.69, 9.17) is 11.6 Å². The van der Waals surface area contributed by atoms with E-state index in [1.807, 2.05) is 42.5 Å². The van der Waals surface area contributed by atoms with Crippen LogP contribution in [0.15, 0.2) is 65.6 Å². The molecule has 0 atom stereocenters. The van der Waals surface area contributed by atoms with E-state index in [0.717, 1.165) is 28.1 Å². The van der Waals surface area contributed by atoms with Crippen LogP contribution in [0, 0.1) is 0 Å². The fourth-order valence-corrected chi connectivity index (χ4v) is 4.03. The molecule has 3 aromatic carbocycles. The molecule has 4 rings (SSSR count). The Balaban J connectivity index is 1.63. The van der Waals surface area contributed by atoms with Crippen molar-refractivity contribution in [1.29, 1.82) is 0 Å². The fourth-order valence-electron chi connectivity index (χ4n) is 3.00. The van der Waals surface area contributed by atoms with Gasteiger partial charge in [-0.25, -0.2) is 0 Å². The maximum absolute atomic E-state index is 12.7. The predicted octanol–water partition coefficient (Wildman–Crippen LogP) is 5.44. The zero-order valence-electron chi connectivity index (χ0n) is 14.1. The Kier molecular flexibility index (Phi) is 4.64. The van der Waals surface area contributed by atoms with Crippen LogP contribution < -0.4 is 0 Å². The van der Waals surface area contributed by atoms with Gasteiger partial charge in [0.05, 0.1) is 16.5 Å². The van der Waals surface area contributed by atoms with Crippen molar-refractivity contribution in [3.8, 4) is 5.75 Å². The van der Waals surface area contributed by atoms with E-state index in [0.29, 0.717) is 10.5 Å². The lowest BCUT2D eigenvalue weighted by Gasteiger charge is -2.14. The molecule has 4 nitrogen and oxygen atoms in total. The third-order valence-corrected chi connectivity index (χ3v) is 5.56. The van der Waals surface area contributed by atoms with Crippen LogP contribution in [0.4, 0.5) is 4.79 Å². The lowest BCUT2D eigenvalue weighted by atomic mass is 10.0. The number of phenols is 1. The summed E-state index contributed by atoms with van der Waals surface area (Å²) in [6, 6.07) is 18.4. The van der Waals surface area contributed by atoms with Crippen molar-refractivity contribution >= 4 is 51.4 Å². The molecule has 1 aliphatic heterocycles. The molecule has 1 fully saturated rings. The Bertz CT molecular complexity index is 1100. The van der Waals surface area contributed by atoms with Crippen molar-refractivity contribution in [3.05, 3.63) is 81.7 Å². The van der Waals surface area contributed by atoms with Crippen molar-refractivity contribution < 1.29 is 14.7 Å². The molecule has 1 aliphatic rings. The van der Waals surface area contributed by atoms with Crippen molar-refractivity contribution in [1.82, 2.24) is 4.90 Å². The molecule has 0 bridgehead atoms. The Morgan fingerprint density at radius 2 is 1.81 bits per heavy atom. The van der Waals surface area contributed by atoms with Gasteiger partial charge < -0.3 is 5.11 Å². The van der Waals surface area contributed by atoms with E-state index in [-0.39, 0.29) is 28.5 Å². The zero-order chi connectivity index (χ0) is 19.0. The summed E-state index contributed by atoms with van der Waals surface area (Å²) >= 11 is 6.81. The van der Waals surface area contributed by atoms with Gasteiger partial charge in [0.1, 0.15) is 5.75 Å². The quantitative estimate of drug-likeness (QED) is 0.600. The summed E-state index contributed by atoms with van der Waals surface area (Å²) in [5, 5.41) is 11.5. The summed E-state index contributed by atoms with van der Waals surface area (Å²) in [6.45, 7) is 0.222. The number of amides is 2. The van der Waals surface area contributed by atoms with Crippen LogP contribution in [0.3, 0.4) is 0 Å². The Morgan fingerprint density at radius 3 is 2.63 bits per heavy atom. The van der Waals surface area contributed by atoms with E-state index in [1.165, 1.54) is 11.0 Å². The van der Waals surface area contributed by atoms with Crippen molar-refractivity contribution in [2.75, 3.05) is 0 Å². The first-order chi connectivity index (χ1) is 13.0. The Labute approximate surface area is 165 Å². The maximum Gasteiger partial charge on any atom is 0.293 e. The van der Waals surface area contributed by atoms with Crippen LogP contribution in [0.2, 0.25) is 5.02 Å². The highest BCUT2D eigenvalue weighted by atomic mass is 35.5. The number of phenolic OH excluding ortho intramolecular Hbond substituents is 1. The molecule has 0 spiro atoms. The number of hydrogen-bond acceptors (Lipinski definition) is 4. The standard InChI is InChI=1S/C21H14ClNO3S/c22-17-10-13(8-9-18(17)24)11-19-20(25)23(21(26)27-19)12-15-6-3-5-14-4-1-2-7-16(14)15/h1-11,24H,12H2/b19-11-. The second-order valence-corrected chi connectivity index (χ2v) is 7.52. The minimum atomic E-state index is -0.331. The molecule has 0 radical (unpaired) electrons. The average molecular weight is 396 g/mol. The molecule has 0 aliphatic carbocycles. The van der Waals surface area contributed by atoms with Gasteiger partial charge in [0.2, 0.25) is 0 Å². The van der Waals surface area contributed by atoms with Crippen molar-refractivity contribution in [2.24, 2.45) is 0 Å². The Hall–Kier alpha value is -2.76. The summed E-state index contributed by atoms with van der Waals surface area (Å²) < 4.78 is 0. The molecule has 6 heteroatoms.